The Morgan fingerprint density at radius 1 is 0.741 bits per heavy atom. The third kappa shape index (κ3) is 4.00. The Bertz CT molecular complexity index is 933. The topological polar surface area (TPSA) is 9.23 Å². The fraction of sp³-hybridized carbons (Fsp3) is 0.217. The average molecular weight is 370 g/mol. The summed E-state index contributed by atoms with van der Waals surface area (Å²) in [4.78, 5) is 0. The lowest BCUT2D eigenvalue weighted by atomic mass is 9.98. The Labute approximate surface area is 157 Å². The molecule has 27 heavy (non-hydrogen) atoms. The molecule has 0 N–H and O–H groups in total. The van der Waals surface area contributed by atoms with Crippen LogP contribution in [0.3, 0.4) is 0 Å². The van der Waals surface area contributed by atoms with E-state index in [4.69, 9.17) is 4.74 Å². The highest BCUT2D eigenvalue weighted by Crippen LogP contribution is 2.33. The first kappa shape index (κ1) is 19.0. The molecule has 0 bridgehead atoms. The van der Waals surface area contributed by atoms with Gasteiger partial charge < -0.3 is 4.74 Å². The van der Waals surface area contributed by atoms with Crippen LogP contribution in [0.1, 0.15) is 25.8 Å². The summed E-state index contributed by atoms with van der Waals surface area (Å²) in [5, 5.41) is 0. The number of ether oxygens (including phenoxy) is 1. The Balaban J connectivity index is 1.94. The fourth-order valence-electron chi connectivity index (χ4n) is 3.07. The van der Waals surface area contributed by atoms with Gasteiger partial charge in [-0.2, -0.15) is 4.39 Å². The first-order valence-electron chi connectivity index (χ1n) is 9.05. The smallest absolute Gasteiger partial charge is 0.201 e. The minimum Gasteiger partial charge on any atom is -0.491 e. The molecule has 0 saturated carbocycles. The normalized spacial score (nSPS) is 10.9. The summed E-state index contributed by atoms with van der Waals surface area (Å²) in [5.41, 5.74) is 2.68. The molecule has 0 spiro atoms. The molecular formula is C23H21F3O. The minimum absolute atomic E-state index is 0.0146. The first-order chi connectivity index (χ1) is 13.0. The number of aryl methyl sites for hydroxylation is 1. The van der Waals surface area contributed by atoms with Gasteiger partial charge in [-0.3, -0.25) is 0 Å². The quantitative estimate of drug-likeness (QED) is 0.464. The monoisotopic (exact) mass is 370 g/mol. The molecule has 0 aliphatic carbocycles. The summed E-state index contributed by atoms with van der Waals surface area (Å²) in [5.74, 6) is -3.00. The van der Waals surface area contributed by atoms with E-state index < -0.39 is 17.5 Å². The van der Waals surface area contributed by atoms with Crippen LogP contribution in [0.25, 0.3) is 22.3 Å². The van der Waals surface area contributed by atoms with Crippen molar-refractivity contribution in [2.75, 3.05) is 6.61 Å². The van der Waals surface area contributed by atoms with Crippen LogP contribution in [0.4, 0.5) is 13.2 Å². The molecule has 0 radical (unpaired) electrons. The van der Waals surface area contributed by atoms with Gasteiger partial charge >= 0.3 is 0 Å². The Kier molecular flexibility index (Phi) is 5.84. The minimum atomic E-state index is -1.11. The first-order valence-corrected chi connectivity index (χ1v) is 9.05. The molecule has 0 heterocycles. The van der Waals surface area contributed by atoms with Gasteiger partial charge in [0.05, 0.1) is 6.61 Å². The second-order valence-corrected chi connectivity index (χ2v) is 6.31. The Morgan fingerprint density at radius 3 is 2.04 bits per heavy atom. The van der Waals surface area contributed by atoms with E-state index in [1.54, 1.807) is 13.0 Å². The van der Waals surface area contributed by atoms with Crippen LogP contribution in [0, 0.1) is 17.5 Å². The van der Waals surface area contributed by atoms with Crippen molar-refractivity contribution in [2.45, 2.75) is 26.7 Å². The van der Waals surface area contributed by atoms with E-state index in [1.807, 2.05) is 24.3 Å². The summed E-state index contributed by atoms with van der Waals surface area (Å²) in [7, 11) is 0. The molecule has 0 aliphatic heterocycles. The molecular weight excluding hydrogens is 349 g/mol. The van der Waals surface area contributed by atoms with E-state index in [0.717, 1.165) is 18.4 Å². The van der Waals surface area contributed by atoms with E-state index in [1.165, 1.54) is 29.8 Å². The average Bonchev–Trinajstić information content (AvgIpc) is 2.67. The second-order valence-electron chi connectivity index (χ2n) is 6.31. The fourth-order valence-corrected chi connectivity index (χ4v) is 3.07. The molecule has 3 aromatic rings. The largest absolute Gasteiger partial charge is 0.491 e. The molecule has 3 aromatic carbocycles. The van der Waals surface area contributed by atoms with Crippen molar-refractivity contribution in [1.29, 1.82) is 0 Å². The standard InChI is InChI=1S/C23H21F3O/c1-3-5-15-6-8-16(9-7-15)17-10-11-18(20(24)14-17)19-12-13-21(27-4-2)23(26)22(19)25/h6-14H,3-5H2,1-2H3. The van der Waals surface area contributed by atoms with Crippen molar-refractivity contribution < 1.29 is 17.9 Å². The van der Waals surface area contributed by atoms with Crippen LogP contribution >= 0.6 is 0 Å². The van der Waals surface area contributed by atoms with Crippen molar-refractivity contribution in [1.82, 2.24) is 0 Å². The summed E-state index contributed by atoms with van der Waals surface area (Å²) < 4.78 is 48.2. The third-order valence-electron chi connectivity index (χ3n) is 4.43. The molecule has 3 rings (SSSR count). The summed E-state index contributed by atoms with van der Waals surface area (Å²) in [6.07, 6.45) is 2.06. The van der Waals surface area contributed by atoms with Crippen molar-refractivity contribution in [3.05, 3.63) is 77.6 Å². The molecule has 0 unspecified atom stereocenters. The van der Waals surface area contributed by atoms with Crippen LogP contribution in [-0.4, -0.2) is 6.61 Å². The number of benzene rings is 3. The molecule has 0 saturated heterocycles. The van der Waals surface area contributed by atoms with Crippen LogP contribution in [0.15, 0.2) is 54.6 Å². The lowest BCUT2D eigenvalue weighted by Crippen LogP contribution is -1.99. The van der Waals surface area contributed by atoms with Gasteiger partial charge in [0, 0.05) is 11.1 Å². The van der Waals surface area contributed by atoms with Crippen molar-refractivity contribution in [3.63, 3.8) is 0 Å². The van der Waals surface area contributed by atoms with Crippen molar-refractivity contribution in [2.24, 2.45) is 0 Å². The van der Waals surface area contributed by atoms with Gasteiger partial charge in [-0.05, 0) is 48.2 Å². The molecule has 0 fully saturated rings. The zero-order valence-electron chi connectivity index (χ0n) is 15.4. The number of rotatable bonds is 6. The van der Waals surface area contributed by atoms with Crippen molar-refractivity contribution >= 4 is 0 Å². The zero-order valence-corrected chi connectivity index (χ0v) is 15.4. The lowest BCUT2D eigenvalue weighted by Gasteiger charge is -2.11. The SMILES string of the molecule is CCCc1ccc(-c2ccc(-c3ccc(OCC)c(F)c3F)c(F)c2)cc1. The molecule has 4 heteroatoms. The van der Waals surface area contributed by atoms with Gasteiger partial charge in [0.1, 0.15) is 5.82 Å². The van der Waals surface area contributed by atoms with Gasteiger partial charge in [-0.15, -0.1) is 0 Å². The molecule has 140 valence electrons. The van der Waals surface area contributed by atoms with E-state index in [2.05, 4.69) is 6.92 Å². The molecule has 1 nitrogen and oxygen atoms in total. The van der Waals surface area contributed by atoms with Crippen molar-refractivity contribution in [3.8, 4) is 28.0 Å². The third-order valence-corrected chi connectivity index (χ3v) is 4.43. The number of hydrogen-bond donors (Lipinski definition) is 0. The summed E-state index contributed by atoms with van der Waals surface area (Å²) >= 11 is 0. The molecule has 0 amide bonds. The molecule has 0 atom stereocenters. The highest BCUT2D eigenvalue weighted by Gasteiger charge is 2.18. The van der Waals surface area contributed by atoms with Gasteiger partial charge in [0.2, 0.25) is 5.82 Å². The van der Waals surface area contributed by atoms with E-state index in [-0.39, 0.29) is 23.5 Å². The molecule has 0 aliphatic rings. The predicted molar refractivity (Wildman–Crippen MR) is 102 cm³/mol. The van der Waals surface area contributed by atoms with Crippen LogP contribution in [0.5, 0.6) is 5.75 Å². The number of halogens is 3. The lowest BCUT2D eigenvalue weighted by molar-refractivity contribution is 0.314. The van der Waals surface area contributed by atoms with Gasteiger partial charge in [0.25, 0.3) is 0 Å². The summed E-state index contributed by atoms with van der Waals surface area (Å²) in [6.45, 7) is 4.01. The Morgan fingerprint density at radius 2 is 1.41 bits per heavy atom. The van der Waals surface area contributed by atoms with Gasteiger partial charge in [-0.25, -0.2) is 8.78 Å². The van der Waals surface area contributed by atoms with Crippen LogP contribution in [0.2, 0.25) is 0 Å². The van der Waals surface area contributed by atoms with Gasteiger partial charge in [0.15, 0.2) is 11.6 Å². The van der Waals surface area contributed by atoms with E-state index >= 15 is 0 Å². The van der Waals surface area contributed by atoms with Gasteiger partial charge in [-0.1, -0.05) is 49.7 Å². The summed E-state index contributed by atoms with van der Waals surface area (Å²) in [6, 6.07) is 15.1. The maximum Gasteiger partial charge on any atom is 0.201 e. The highest BCUT2D eigenvalue weighted by atomic mass is 19.2. The zero-order chi connectivity index (χ0) is 19.4. The maximum atomic E-state index is 14.7. The van der Waals surface area contributed by atoms with E-state index in [9.17, 15) is 13.2 Å². The Hall–Kier alpha value is -2.75. The molecule has 0 aromatic heterocycles. The second kappa shape index (κ2) is 8.30. The maximum absolute atomic E-state index is 14.7. The number of hydrogen-bond acceptors (Lipinski definition) is 1. The highest BCUT2D eigenvalue weighted by molar-refractivity contribution is 5.72. The van der Waals surface area contributed by atoms with Crippen LogP contribution < -0.4 is 4.74 Å². The van der Waals surface area contributed by atoms with Crippen LogP contribution in [-0.2, 0) is 6.42 Å². The predicted octanol–water partition coefficient (Wildman–Crippen LogP) is 6.79. The van der Waals surface area contributed by atoms with E-state index in [0.29, 0.717) is 5.56 Å².